The lowest BCUT2D eigenvalue weighted by Gasteiger charge is -2.26. The Kier molecular flexibility index (Phi) is 7.17. The van der Waals surface area contributed by atoms with Gasteiger partial charge in [0.2, 0.25) is 0 Å². The number of methoxy groups -OCH3 is 2. The van der Waals surface area contributed by atoms with Gasteiger partial charge in [-0.05, 0) is 66.9 Å². The van der Waals surface area contributed by atoms with Gasteiger partial charge in [0.25, 0.3) is 11.5 Å². The fourth-order valence-corrected chi connectivity index (χ4v) is 5.61. The van der Waals surface area contributed by atoms with Crippen molar-refractivity contribution in [2.24, 2.45) is 4.99 Å². The van der Waals surface area contributed by atoms with Crippen molar-refractivity contribution < 1.29 is 18.7 Å². The molecule has 7 nitrogen and oxygen atoms in total. The normalized spacial score (nSPS) is 15.0. The van der Waals surface area contributed by atoms with Gasteiger partial charge in [-0.3, -0.25) is 14.2 Å². The van der Waals surface area contributed by atoms with Gasteiger partial charge < -0.3 is 14.8 Å². The largest absolute Gasteiger partial charge is 0.493 e. The molecule has 0 fully saturated rings. The van der Waals surface area contributed by atoms with Crippen molar-refractivity contribution in [3.05, 3.63) is 120 Å². The van der Waals surface area contributed by atoms with Crippen LogP contribution in [0, 0.1) is 12.7 Å². The molecule has 1 atom stereocenters. The summed E-state index contributed by atoms with van der Waals surface area (Å²) in [4.78, 5) is 32.8. The third-order valence-corrected chi connectivity index (χ3v) is 7.53. The number of benzene rings is 3. The quantitative estimate of drug-likeness (QED) is 0.392. The van der Waals surface area contributed by atoms with E-state index in [9.17, 15) is 14.0 Å². The number of allylic oxidation sites excluding steroid dienone is 1. The summed E-state index contributed by atoms with van der Waals surface area (Å²) in [5, 5.41) is 3.00. The Balaban J connectivity index is 1.70. The van der Waals surface area contributed by atoms with E-state index in [0.717, 1.165) is 5.56 Å². The second kappa shape index (κ2) is 10.7. The molecule has 1 aliphatic heterocycles. The number of carbonyl (C=O) groups is 1. The molecule has 0 aliphatic carbocycles. The van der Waals surface area contributed by atoms with Gasteiger partial charge in [0.15, 0.2) is 16.3 Å². The Morgan fingerprint density at radius 2 is 1.74 bits per heavy atom. The number of thiazole rings is 1. The zero-order valence-corrected chi connectivity index (χ0v) is 22.6. The second-order valence-corrected chi connectivity index (χ2v) is 10.0. The maximum atomic E-state index is 13.8. The third kappa shape index (κ3) is 5.00. The number of halogens is 1. The summed E-state index contributed by atoms with van der Waals surface area (Å²) in [6.45, 7) is 3.67. The minimum atomic E-state index is -0.777. The molecule has 1 amide bonds. The van der Waals surface area contributed by atoms with Crippen LogP contribution in [0.2, 0.25) is 0 Å². The van der Waals surface area contributed by atoms with Gasteiger partial charge in [0, 0.05) is 5.69 Å². The molecular formula is C30H26FN3O4S. The van der Waals surface area contributed by atoms with Crippen LogP contribution in [0.15, 0.2) is 87.8 Å². The maximum absolute atomic E-state index is 13.8. The van der Waals surface area contributed by atoms with Crippen molar-refractivity contribution in [3.63, 3.8) is 0 Å². The predicted molar refractivity (Wildman–Crippen MR) is 150 cm³/mol. The molecule has 1 aliphatic rings. The highest BCUT2D eigenvalue weighted by molar-refractivity contribution is 7.07. The molecular weight excluding hydrogens is 517 g/mol. The topological polar surface area (TPSA) is 81.9 Å². The van der Waals surface area contributed by atoms with Gasteiger partial charge in [-0.15, -0.1) is 0 Å². The van der Waals surface area contributed by atoms with Crippen molar-refractivity contribution in [2.75, 3.05) is 19.5 Å². The lowest BCUT2D eigenvalue weighted by Crippen LogP contribution is -2.40. The number of ether oxygens (including phenoxy) is 2. The zero-order valence-electron chi connectivity index (χ0n) is 21.8. The van der Waals surface area contributed by atoms with Gasteiger partial charge in [0.05, 0.1) is 36.1 Å². The van der Waals surface area contributed by atoms with Crippen LogP contribution >= 0.6 is 11.3 Å². The van der Waals surface area contributed by atoms with E-state index in [-0.39, 0.29) is 17.3 Å². The molecule has 0 bridgehead atoms. The first kappa shape index (κ1) is 26.1. The second-order valence-electron chi connectivity index (χ2n) is 9.02. The lowest BCUT2D eigenvalue weighted by molar-refractivity contribution is -0.113. The first-order valence-electron chi connectivity index (χ1n) is 12.2. The molecule has 3 aromatic carbocycles. The average Bonchev–Trinajstić information content (AvgIpc) is 3.23. The smallest absolute Gasteiger partial charge is 0.271 e. The highest BCUT2D eigenvalue weighted by Crippen LogP contribution is 2.36. The maximum Gasteiger partial charge on any atom is 0.271 e. The molecule has 0 radical (unpaired) electrons. The average molecular weight is 544 g/mol. The number of aromatic nitrogens is 1. The van der Waals surface area contributed by atoms with Crippen LogP contribution in [-0.2, 0) is 4.79 Å². The summed E-state index contributed by atoms with van der Waals surface area (Å²) in [6.07, 6.45) is 1.70. The Labute approximate surface area is 228 Å². The van der Waals surface area contributed by atoms with Crippen LogP contribution < -0.4 is 29.7 Å². The van der Waals surface area contributed by atoms with Crippen molar-refractivity contribution in [2.45, 2.75) is 19.9 Å². The van der Waals surface area contributed by atoms with E-state index in [4.69, 9.17) is 9.47 Å². The van der Waals surface area contributed by atoms with Crippen molar-refractivity contribution >= 4 is 29.0 Å². The molecule has 0 spiro atoms. The van der Waals surface area contributed by atoms with E-state index in [1.165, 1.54) is 35.1 Å². The van der Waals surface area contributed by atoms with E-state index in [2.05, 4.69) is 10.3 Å². The fraction of sp³-hybridized carbons (Fsp3) is 0.167. The van der Waals surface area contributed by atoms with E-state index >= 15 is 0 Å². The number of hydrogen-bond donors (Lipinski definition) is 1. The van der Waals surface area contributed by atoms with E-state index in [1.807, 2.05) is 37.3 Å². The van der Waals surface area contributed by atoms with Crippen LogP contribution in [0.1, 0.15) is 29.7 Å². The number of hydrogen-bond acceptors (Lipinski definition) is 6. The number of nitrogens with one attached hydrogen (secondary N) is 1. The van der Waals surface area contributed by atoms with Crippen molar-refractivity contribution in [1.29, 1.82) is 0 Å². The number of anilines is 1. The molecule has 4 aromatic rings. The molecule has 198 valence electrons. The Bertz CT molecular complexity index is 1790. The third-order valence-electron chi connectivity index (χ3n) is 6.55. The van der Waals surface area contributed by atoms with Crippen LogP contribution in [0.25, 0.3) is 6.08 Å². The van der Waals surface area contributed by atoms with E-state index in [0.29, 0.717) is 48.9 Å². The van der Waals surface area contributed by atoms with E-state index < -0.39 is 6.04 Å². The van der Waals surface area contributed by atoms with Crippen molar-refractivity contribution in [1.82, 2.24) is 4.57 Å². The number of aryl methyl sites for hydroxylation is 1. The Morgan fingerprint density at radius 3 is 2.44 bits per heavy atom. The number of rotatable bonds is 6. The highest BCUT2D eigenvalue weighted by Gasteiger charge is 2.33. The molecule has 39 heavy (non-hydrogen) atoms. The Morgan fingerprint density at radius 1 is 1.03 bits per heavy atom. The van der Waals surface area contributed by atoms with Gasteiger partial charge in [-0.1, -0.05) is 47.7 Å². The van der Waals surface area contributed by atoms with Crippen LogP contribution in [-0.4, -0.2) is 24.7 Å². The van der Waals surface area contributed by atoms with Crippen LogP contribution in [0.3, 0.4) is 0 Å². The standard InChI is InChI=1S/C30H26FN3O4S/c1-17-7-5-6-8-22(17)33-28(35)26-18(2)32-30-34(27(26)20-11-14-23(37-3)24(16-20)38-4)29(36)25(39-30)15-19-9-12-21(31)13-10-19/h5-16,27H,1-4H3,(H,33,35). The molecule has 1 aromatic heterocycles. The number of amides is 1. The molecule has 9 heteroatoms. The van der Waals surface area contributed by atoms with Gasteiger partial charge >= 0.3 is 0 Å². The van der Waals surface area contributed by atoms with E-state index in [1.54, 1.807) is 44.4 Å². The van der Waals surface area contributed by atoms with Gasteiger partial charge in [0.1, 0.15) is 5.82 Å². The fourth-order valence-electron chi connectivity index (χ4n) is 4.56. The first-order chi connectivity index (χ1) is 18.8. The summed E-state index contributed by atoms with van der Waals surface area (Å²) in [7, 11) is 3.07. The number of fused-ring (bicyclic) bond motifs is 1. The first-order valence-corrected chi connectivity index (χ1v) is 13.0. The summed E-state index contributed by atoms with van der Waals surface area (Å²) < 4.78 is 26.3. The van der Waals surface area contributed by atoms with Crippen LogP contribution in [0.5, 0.6) is 11.5 Å². The minimum Gasteiger partial charge on any atom is -0.493 e. The van der Waals surface area contributed by atoms with Crippen molar-refractivity contribution in [3.8, 4) is 11.5 Å². The van der Waals surface area contributed by atoms with Crippen LogP contribution in [0.4, 0.5) is 10.1 Å². The number of carbonyl (C=O) groups excluding carboxylic acids is 1. The predicted octanol–water partition coefficient (Wildman–Crippen LogP) is 4.34. The number of nitrogens with zero attached hydrogens (tertiary/aromatic N) is 2. The van der Waals surface area contributed by atoms with Gasteiger partial charge in [-0.25, -0.2) is 9.38 Å². The summed E-state index contributed by atoms with van der Waals surface area (Å²) >= 11 is 1.21. The SMILES string of the molecule is COc1ccc(C2C(C(=O)Nc3ccccc3C)=C(C)N=c3sc(=Cc4ccc(F)cc4)c(=O)n32)cc1OC. The Hall–Kier alpha value is -4.50. The molecule has 2 heterocycles. The molecule has 1 N–H and O–H groups in total. The molecule has 0 saturated heterocycles. The zero-order chi connectivity index (χ0) is 27.7. The minimum absolute atomic E-state index is 0.309. The summed E-state index contributed by atoms with van der Waals surface area (Å²) in [6, 6.07) is 17.9. The molecule has 0 saturated carbocycles. The monoisotopic (exact) mass is 543 g/mol. The lowest BCUT2D eigenvalue weighted by atomic mass is 9.94. The van der Waals surface area contributed by atoms with Gasteiger partial charge in [-0.2, -0.15) is 0 Å². The molecule has 5 rings (SSSR count). The highest BCUT2D eigenvalue weighted by atomic mass is 32.1. The summed E-state index contributed by atoms with van der Waals surface area (Å²) in [5.74, 6) is 0.272. The number of para-hydroxylation sites is 1. The summed E-state index contributed by atoms with van der Waals surface area (Å²) in [5.41, 5.74) is 3.44. The molecule has 1 unspecified atom stereocenters.